The van der Waals surface area contributed by atoms with Gasteiger partial charge >= 0.3 is 0 Å². The van der Waals surface area contributed by atoms with Crippen molar-refractivity contribution in [1.29, 1.82) is 0 Å². The molecular formula is C40H44N4O9S3. The van der Waals surface area contributed by atoms with Crippen molar-refractivity contribution in [3.63, 3.8) is 0 Å². The highest BCUT2D eigenvalue weighted by Gasteiger charge is 2.43. The zero-order chi connectivity index (χ0) is 40.8. The Labute approximate surface area is 327 Å². The van der Waals surface area contributed by atoms with Crippen LogP contribution < -0.4 is 4.90 Å². The highest BCUT2D eigenvalue weighted by atomic mass is 32.2. The molecule has 2 fully saturated rings. The van der Waals surface area contributed by atoms with Crippen molar-refractivity contribution in [3.8, 4) is 11.1 Å². The van der Waals surface area contributed by atoms with E-state index in [9.17, 15) is 25.3 Å². The summed E-state index contributed by atoms with van der Waals surface area (Å²) in [4.78, 5) is 12.6. The number of H-pyrrole nitrogens is 1. The molecule has 0 unspecified atom stereocenters. The Hall–Kier alpha value is -4.94. The largest absolute Gasteiger partial charge is 0.368 e. The fourth-order valence-electron chi connectivity index (χ4n) is 6.33. The fraction of sp³-hybridized carbons (Fsp3) is 0.225. The van der Waals surface area contributed by atoms with E-state index < -0.39 is 30.4 Å². The summed E-state index contributed by atoms with van der Waals surface area (Å²) in [5.41, 5.74) is 7.73. The number of likely N-dealkylation sites (tertiary alicyclic amines) is 1. The van der Waals surface area contributed by atoms with Gasteiger partial charge in [-0.2, -0.15) is 25.3 Å². The van der Waals surface area contributed by atoms with Crippen LogP contribution in [0.5, 0.6) is 0 Å². The van der Waals surface area contributed by atoms with Crippen LogP contribution in [0, 0.1) is 26.7 Å². The lowest BCUT2D eigenvalue weighted by atomic mass is 9.93. The van der Waals surface area contributed by atoms with Gasteiger partial charge in [-0.3, -0.25) is 18.6 Å². The number of fused-ring (bicyclic) bond motifs is 2. The lowest BCUT2D eigenvalue weighted by molar-refractivity contribution is 0.0827. The van der Waals surface area contributed by atoms with Crippen LogP contribution in [0.1, 0.15) is 16.7 Å². The van der Waals surface area contributed by atoms with E-state index in [1.807, 2.05) is 39.4 Å². The van der Waals surface area contributed by atoms with E-state index in [1.54, 1.807) is 36.4 Å². The van der Waals surface area contributed by atoms with Crippen LogP contribution in [0.4, 0.5) is 5.69 Å². The lowest BCUT2D eigenvalue weighted by Gasteiger charge is -2.40. The Bertz CT molecular complexity index is 2420. The fourth-order valence-corrected chi connectivity index (χ4v) is 7.77. The molecule has 16 heteroatoms. The molecular weight excluding hydrogens is 777 g/mol. The first-order valence-corrected chi connectivity index (χ1v) is 21.7. The predicted molar refractivity (Wildman–Crippen MR) is 217 cm³/mol. The summed E-state index contributed by atoms with van der Waals surface area (Å²) in [5, 5.41) is 1.26. The molecule has 4 N–H and O–H groups in total. The number of aryl methyl sites for hydroxylation is 3. The summed E-state index contributed by atoms with van der Waals surface area (Å²) in [6.07, 6.45) is 5.98. The second kappa shape index (κ2) is 17.5. The molecule has 6 aromatic rings. The van der Waals surface area contributed by atoms with Gasteiger partial charge in [-0.25, -0.2) is 0 Å². The standard InChI is InChI=1S/C19H20N4.3C7H8O3S/c1-22-10-14-11-23(12-19(14)22)15-7-13(8-20-9-15)16-3-2-4-18-17(16)5-6-21-18;3*1-6-2-4-7(5-3-6)11(8,9)10/h2-9,14,19,21H,10-12H2,1H3;3*2-5H,1H3,(H,8,9,10)/t14-,19+;;;/m1.../s1. The average Bonchev–Trinajstić information content (AvgIpc) is 3.76. The first kappa shape index (κ1) is 42.2. The molecule has 0 radical (unpaired) electrons. The average molecular weight is 821 g/mol. The topological polar surface area (TPSA) is 198 Å². The van der Waals surface area contributed by atoms with Gasteiger partial charge in [-0.05, 0) is 88.0 Å². The van der Waals surface area contributed by atoms with Crippen molar-refractivity contribution >= 4 is 46.9 Å². The maximum atomic E-state index is 10.5. The molecule has 2 saturated heterocycles. The molecule has 4 heterocycles. The summed E-state index contributed by atoms with van der Waals surface area (Å²) in [7, 11) is -9.83. The molecule has 296 valence electrons. The number of rotatable bonds is 5. The van der Waals surface area contributed by atoms with Crippen molar-refractivity contribution < 1.29 is 38.9 Å². The van der Waals surface area contributed by atoms with Gasteiger partial charge in [0.05, 0.1) is 26.6 Å². The molecule has 0 bridgehead atoms. The van der Waals surface area contributed by atoms with Crippen LogP contribution in [-0.2, 0) is 30.4 Å². The van der Waals surface area contributed by atoms with Crippen LogP contribution in [0.3, 0.4) is 0 Å². The van der Waals surface area contributed by atoms with Gasteiger partial charge in [0.2, 0.25) is 0 Å². The molecule has 4 aromatic carbocycles. The van der Waals surface area contributed by atoms with E-state index >= 15 is 0 Å². The van der Waals surface area contributed by atoms with Crippen molar-refractivity contribution in [2.75, 3.05) is 31.6 Å². The van der Waals surface area contributed by atoms with E-state index in [0.29, 0.717) is 0 Å². The van der Waals surface area contributed by atoms with Crippen LogP contribution in [0.15, 0.2) is 136 Å². The minimum Gasteiger partial charge on any atom is -0.368 e. The molecule has 13 nitrogen and oxygen atoms in total. The Balaban J connectivity index is 0.000000155. The Kier molecular flexibility index (Phi) is 13.2. The molecule has 2 aliphatic rings. The zero-order valence-corrected chi connectivity index (χ0v) is 33.6. The van der Waals surface area contributed by atoms with E-state index in [-0.39, 0.29) is 14.7 Å². The number of pyridine rings is 1. The SMILES string of the molecule is CN1C[C@@H]2CN(c3cncc(-c4cccc5[nH]ccc45)c3)C[C@@H]21.Cc1ccc(S(=O)(=O)O)cc1.Cc1ccc(S(=O)(=O)O)cc1.Cc1ccc(S(=O)(=O)O)cc1. The number of hydrogen-bond acceptors (Lipinski definition) is 9. The van der Waals surface area contributed by atoms with Crippen LogP contribution in [0.2, 0.25) is 0 Å². The van der Waals surface area contributed by atoms with Gasteiger partial charge in [-0.15, -0.1) is 0 Å². The second-order valence-electron chi connectivity index (χ2n) is 13.7. The molecule has 2 aromatic heterocycles. The Morgan fingerprint density at radius 1 is 0.625 bits per heavy atom. The monoisotopic (exact) mass is 820 g/mol. The van der Waals surface area contributed by atoms with Crippen molar-refractivity contribution in [2.45, 2.75) is 41.5 Å². The van der Waals surface area contributed by atoms with Gasteiger partial charge in [0.1, 0.15) is 0 Å². The molecule has 56 heavy (non-hydrogen) atoms. The first-order valence-electron chi connectivity index (χ1n) is 17.4. The summed E-state index contributed by atoms with van der Waals surface area (Å²) in [5.74, 6) is 0.830. The molecule has 0 aliphatic carbocycles. The molecule has 0 saturated carbocycles. The molecule has 8 rings (SSSR count). The third-order valence-corrected chi connectivity index (χ3v) is 12.1. The smallest absolute Gasteiger partial charge is 0.294 e. The number of aromatic amines is 1. The number of benzene rings is 4. The molecule has 0 amide bonds. The van der Waals surface area contributed by atoms with E-state index in [2.05, 4.69) is 57.1 Å². The maximum Gasteiger partial charge on any atom is 0.294 e. The van der Waals surface area contributed by atoms with E-state index in [4.69, 9.17) is 13.7 Å². The van der Waals surface area contributed by atoms with Gasteiger partial charge < -0.3 is 14.8 Å². The highest BCUT2D eigenvalue weighted by molar-refractivity contribution is 7.86. The van der Waals surface area contributed by atoms with Gasteiger partial charge in [0, 0.05) is 60.5 Å². The number of likely N-dealkylation sites (N-methyl/N-ethyl adjacent to an activating group) is 1. The van der Waals surface area contributed by atoms with Crippen molar-refractivity contribution in [1.82, 2.24) is 14.9 Å². The predicted octanol–water partition coefficient (Wildman–Crippen LogP) is 6.71. The number of nitrogens with zero attached hydrogens (tertiary/aromatic N) is 3. The van der Waals surface area contributed by atoms with Gasteiger partial charge in [-0.1, -0.05) is 65.2 Å². The molecule has 2 atom stereocenters. The Morgan fingerprint density at radius 3 is 1.54 bits per heavy atom. The van der Waals surface area contributed by atoms with E-state index in [0.717, 1.165) is 41.7 Å². The Morgan fingerprint density at radius 2 is 1.11 bits per heavy atom. The van der Waals surface area contributed by atoms with Gasteiger partial charge in [0.25, 0.3) is 30.4 Å². The summed E-state index contributed by atoms with van der Waals surface area (Å²) in [6, 6.07) is 29.5. The molecule has 0 spiro atoms. The van der Waals surface area contributed by atoms with Crippen molar-refractivity contribution in [2.24, 2.45) is 5.92 Å². The van der Waals surface area contributed by atoms with Crippen LogP contribution in [0.25, 0.3) is 22.0 Å². The third kappa shape index (κ3) is 11.1. The van der Waals surface area contributed by atoms with E-state index in [1.165, 1.54) is 70.7 Å². The van der Waals surface area contributed by atoms with Crippen molar-refractivity contribution in [3.05, 3.63) is 138 Å². The third-order valence-electron chi connectivity index (χ3n) is 9.45. The minimum atomic E-state index is -4.02. The normalized spacial score (nSPS) is 16.6. The molecule has 2 aliphatic heterocycles. The highest BCUT2D eigenvalue weighted by Crippen LogP contribution is 2.35. The summed E-state index contributed by atoms with van der Waals surface area (Å²) >= 11 is 0. The maximum absolute atomic E-state index is 10.5. The lowest BCUT2D eigenvalue weighted by Crippen LogP contribution is -2.52. The minimum absolute atomic E-state index is 0.0666. The quantitative estimate of drug-likeness (QED) is 0.134. The summed E-state index contributed by atoms with van der Waals surface area (Å²) in [6.45, 7) is 9.04. The second-order valence-corrected chi connectivity index (χ2v) is 18.0. The zero-order valence-electron chi connectivity index (χ0n) is 31.2. The summed E-state index contributed by atoms with van der Waals surface area (Å²) < 4.78 is 88.7. The number of anilines is 1. The van der Waals surface area contributed by atoms with Crippen LogP contribution >= 0.6 is 0 Å². The number of aromatic nitrogens is 2. The number of nitrogens with one attached hydrogen (secondary N) is 1. The first-order chi connectivity index (χ1) is 26.3. The van der Waals surface area contributed by atoms with Crippen LogP contribution in [-0.4, -0.2) is 86.5 Å². The number of hydrogen-bond donors (Lipinski definition) is 4. The van der Waals surface area contributed by atoms with Gasteiger partial charge in [0.15, 0.2) is 0 Å².